The van der Waals surface area contributed by atoms with Gasteiger partial charge in [-0.05, 0) is 18.6 Å². The number of benzene rings is 1. The SMILES string of the molecule is CCCCCCCCS(=O)(=O)N1CCN(S(=O)(=O)c2ccccc2)CC1. The van der Waals surface area contributed by atoms with Crippen molar-refractivity contribution in [3.8, 4) is 0 Å². The molecule has 26 heavy (non-hydrogen) atoms. The van der Waals surface area contributed by atoms with Crippen molar-refractivity contribution < 1.29 is 16.8 Å². The van der Waals surface area contributed by atoms with Crippen molar-refractivity contribution in [2.45, 2.75) is 50.3 Å². The standard InChI is InChI=1S/C18H30N2O4S2/c1-2-3-4-5-6-10-17-25(21,22)19-13-15-20(16-14-19)26(23,24)18-11-8-7-9-12-18/h7-9,11-12H,2-6,10,13-17H2,1H3. The highest BCUT2D eigenvalue weighted by atomic mass is 32.2. The van der Waals surface area contributed by atoms with Gasteiger partial charge in [-0.25, -0.2) is 16.8 Å². The van der Waals surface area contributed by atoms with E-state index in [4.69, 9.17) is 0 Å². The predicted octanol–water partition coefficient (Wildman–Crippen LogP) is 2.68. The van der Waals surface area contributed by atoms with Gasteiger partial charge < -0.3 is 0 Å². The summed E-state index contributed by atoms with van der Waals surface area (Å²) < 4.78 is 52.9. The average molecular weight is 403 g/mol. The second kappa shape index (κ2) is 9.82. The van der Waals surface area contributed by atoms with Crippen molar-refractivity contribution in [1.82, 2.24) is 8.61 Å². The summed E-state index contributed by atoms with van der Waals surface area (Å²) in [7, 11) is -6.85. The highest BCUT2D eigenvalue weighted by Crippen LogP contribution is 2.19. The minimum absolute atomic E-state index is 0.157. The minimum Gasteiger partial charge on any atom is -0.212 e. The third-order valence-corrected chi connectivity index (χ3v) is 8.60. The first-order valence-corrected chi connectivity index (χ1v) is 12.5. The summed E-state index contributed by atoms with van der Waals surface area (Å²) in [5.41, 5.74) is 0. The molecular formula is C18H30N2O4S2. The van der Waals surface area contributed by atoms with E-state index < -0.39 is 20.0 Å². The van der Waals surface area contributed by atoms with Crippen LogP contribution in [0.1, 0.15) is 45.4 Å². The first-order valence-electron chi connectivity index (χ1n) is 9.41. The van der Waals surface area contributed by atoms with Crippen LogP contribution in [0, 0.1) is 0 Å². The van der Waals surface area contributed by atoms with E-state index in [0.717, 1.165) is 19.3 Å². The molecule has 0 aromatic heterocycles. The summed E-state index contributed by atoms with van der Waals surface area (Å²) in [6.07, 6.45) is 6.22. The molecule has 0 amide bonds. The Morgan fingerprint density at radius 3 is 1.92 bits per heavy atom. The smallest absolute Gasteiger partial charge is 0.212 e. The molecule has 8 heteroatoms. The van der Waals surface area contributed by atoms with Gasteiger partial charge in [0.15, 0.2) is 0 Å². The van der Waals surface area contributed by atoms with Gasteiger partial charge in [0, 0.05) is 26.2 Å². The summed E-state index contributed by atoms with van der Waals surface area (Å²) >= 11 is 0. The second-order valence-corrected chi connectivity index (χ2v) is 10.7. The Hall–Kier alpha value is -0.960. The van der Waals surface area contributed by atoms with Crippen LogP contribution in [0.2, 0.25) is 0 Å². The fraction of sp³-hybridized carbons (Fsp3) is 0.667. The summed E-state index contributed by atoms with van der Waals surface area (Å²) in [5.74, 6) is 0.157. The Labute approximate surface area is 158 Å². The van der Waals surface area contributed by atoms with Crippen molar-refractivity contribution in [2.75, 3.05) is 31.9 Å². The predicted molar refractivity (Wildman–Crippen MR) is 104 cm³/mol. The van der Waals surface area contributed by atoms with Gasteiger partial charge >= 0.3 is 0 Å². The number of rotatable bonds is 10. The van der Waals surface area contributed by atoms with E-state index in [-0.39, 0.29) is 36.8 Å². The first kappa shape index (κ1) is 21.3. The summed E-state index contributed by atoms with van der Waals surface area (Å²) in [6, 6.07) is 8.28. The van der Waals surface area contributed by atoms with E-state index in [0.29, 0.717) is 6.42 Å². The van der Waals surface area contributed by atoms with Crippen LogP contribution in [0.15, 0.2) is 35.2 Å². The van der Waals surface area contributed by atoms with Crippen LogP contribution in [0.25, 0.3) is 0 Å². The molecule has 6 nitrogen and oxygen atoms in total. The lowest BCUT2D eigenvalue weighted by atomic mass is 10.1. The van der Waals surface area contributed by atoms with Gasteiger partial charge in [-0.15, -0.1) is 0 Å². The molecule has 1 aliphatic heterocycles. The molecule has 1 saturated heterocycles. The molecule has 1 aliphatic rings. The molecule has 1 fully saturated rings. The van der Waals surface area contributed by atoms with Crippen molar-refractivity contribution in [3.05, 3.63) is 30.3 Å². The van der Waals surface area contributed by atoms with Crippen LogP contribution < -0.4 is 0 Å². The molecule has 1 heterocycles. The largest absolute Gasteiger partial charge is 0.243 e. The van der Waals surface area contributed by atoms with Gasteiger partial charge in [-0.1, -0.05) is 57.2 Å². The molecular weight excluding hydrogens is 372 g/mol. The third-order valence-electron chi connectivity index (χ3n) is 4.73. The number of nitrogens with zero attached hydrogens (tertiary/aromatic N) is 2. The maximum absolute atomic E-state index is 12.6. The summed E-state index contributed by atoms with van der Waals surface area (Å²) in [6.45, 7) is 3.01. The Morgan fingerprint density at radius 2 is 1.31 bits per heavy atom. The van der Waals surface area contributed by atoms with Crippen LogP contribution in [-0.2, 0) is 20.0 Å². The Morgan fingerprint density at radius 1 is 0.769 bits per heavy atom. The van der Waals surface area contributed by atoms with Crippen LogP contribution in [0.5, 0.6) is 0 Å². The van der Waals surface area contributed by atoms with Crippen LogP contribution in [-0.4, -0.2) is 57.4 Å². The molecule has 0 aliphatic carbocycles. The highest BCUT2D eigenvalue weighted by Gasteiger charge is 2.32. The van der Waals surface area contributed by atoms with Gasteiger partial charge in [-0.3, -0.25) is 0 Å². The highest BCUT2D eigenvalue weighted by molar-refractivity contribution is 7.89. The number of hydrogen-bond donors (Lipinski definition) is 0. The van der Waals surface area contributed by atoms with Gasteiger partial charge in [0.1, 0.15) is 0 Å². The zero-order valence-electron chi connectivity index (χ0n) is 15.5. The second-order valence-electron chi connectivity index (χ2n) is 6.70. The zero-order chi connectivity index (χ0) is 19.0. The average Bonchev–Trinajstić information content (AvgIpc) is 2.65. The lowest BCUT2D eigenvalue weighted by molar-refractivity contribution is 0.272. The van der Waals surface area contributed by atoms with Crippen LogP contribution >= 0.6 is 0 Å². The first-order chi connectivity index (χ1) is 12.4. The molecule has 0 N–H and O–H groups in total. The Balaban J connectivity index is 1.83. The van der Waals surface area contributed by atoms with Crippen molar-refractivity contribution >= 4 is 20.0 Å². The quantitative estimate of drug-likeness (QED) is 0.564. The normalized spacial score (nSPS) is 17.4. The maximum Gasteiger partial charge on any atom is 0.243 e. The van der Waals surface area contributed by atoms with Crippen molar-refractivity contribution in [2.24, 2.45) is 0 Å². The third kappa shape index (κ3) is 5.77. The zero-order valence-corrected chi connectivity index (χ0v) is 17.1. The number of unbranched alkanes of at least 4 members (excludes halogenated alkanes) is 5. The topological polar surface area (TPSA) is 74.8 Å². The number of piperazine rings is 1. The van der Waals surface area contributed by atoms with Crippen LogP contribution in [0.3, 0.4) is 0 Å². The monoisotopic (exact) mass is 402 g/mol. The Kier molecular flexibility index (Phi) is 8.06. The molecule has 2 rings (SSSR count). The van der Waals surface area contributed by atoms with E-state index >= 15 is 0 Å². The summed E-state index contributed by atoms with van der Waals surface area (Å²) in [4.78, 5) is 0.253. The number of sulfonamides is 2. The molecule has 148 valence electrons. The number of hydrogen-bond acceptors (Lipinski definition) is 4. The molecule has 0 spiro atoms. The summed E-state index contributed by atoms with van der Waals surface area (Å²) in [5, 5.41) is 0. The van der Waals surface area contributed by atoms with Crippen molar-refractivity contribution in [1.29, 1.82) is 0 Å². The molecule has 0 atom stereocenters. The minimum atomic E-state index is -3.55. The van der Waals surface area contributed by atoms with E-state index in [1.807, 2.05) is 0 Å². The van der Waals surface area contributed by atoms with Crippen LogP contribution in [0.4, 0.5) is 0 Å². The van der Waals surface area contributed by atoms with Gasteiger partial charge in [0.25, 0.3) is 0 Å². The molecule has 0 unspecified atom stereocenters. The molecule has 0 radical (unpaired) electrons. The van der Waals surface area contributed by atoms with Crippen molar-refractivity contribution in [3.63, 3.8) is 0 Å². The van der Waals surface area contributed by atoms with E-state index in [9.17, 15) is 16.8 Å². The van der Waals surface area contributed by atoms with Gasteiger partial charge in [-0.2, -0.15) is 8.61 Å². The molecule has 0 saturated carbocycles. The lowest BCUT2D eigenvalue weighted by Crippen LogP contribution is -2.50. The Bertz CT molecular complexity index is 741. The molecule has 1 aromatic carbocycles. The van der Waals surface area contributed by atoms with E-state index in [1.165, 1.54) is 21.5 Å². The van der Waals surface area contributed by atoms with Gasteiger partial charge in [0.2, 0.25) is 20.0 Å². The fourth-order valence-corrected chi connectivity index (χ4v) is 6.11. The molecule has 0 bridgehead atoms. The lowest BCUT2D eigenvalue weighted by Gasteiger charge is -2.33. The molecule has 1 aromatic rings. The van der Waals surface area contributed by atoms with E-state index in [2.05, 4.69) is 6.92 Å². The van der Waals surface area contributed by atoms with Gasteiger partial charge in [0.05, 0.1) is 10.6 Å². The van der Waals surface area contributed by atoms with E-state index in [1.54, 1.807) is 30.3 Å². The maximum atomic E-state index is 12.6. The fourth-order valence-electron chi connectivity index (χ4n) is 3.12.